The van der Waals surface area contributed by atoms with E-state index in [0.29, 0.717) is 67.2 Å². The first-order valence-electron chi connectivity index (χ1n) is 10.7. The number of nitrogens with one attached hydrogen (secondary N) is 6. The average Bonchev–Trinajstić information content (AvgIpc) is 2.82. The van der Waals surface area contributed by atoms with Crippen LogP contribution in [0, 0.1) is 0 Å². The Hall–Kier alpha value is -2.86. The number of hydrogen-bond acceptors (Lipinski definition) is 10. The first-order chi connectivity index (χ1) is 15.7. The number of aliphatic hydroxyl groups excluding tert-OH is 2. The molecule has 1 aliphatic rings. The fourth-order valence-electron chi connectivity index (χ4n) is 3.49. The lowest BCUT2D eigenvalue weighted by molar-refractivity contribution is 0.0979. The van der Waals surface area contributed by atoms with E-state index in [1.54, 1.807) is 36.4 Å². The number of hydrogen-bond donors (Lipinski definition) is 8. The molecule has 0 fully saturated rings. The molecule has 2 aromatic rings. The highest BCUT2D eigenvalue weighted by Gasteiger charge is 2.32. The lowest BCUT2D eigenvalue weighted by Crippen LogP contribution is -2.38. The summed E-state index contributed by atoms with van der Waals surface area (Å²) in [5.41, 5.74) is 14.6. The molecule has 1 aliphatic carbocycles. The Balaban J connectivity index is 1.80. The Morgan fingerprint density at radius 1 is 0.594 bits per heavy atom. The minimum Gasteiger partial charge on any atom is -0.395 e. The molecular formula is C22H30N6O4. The summed E-state index contributed by atoms with van der Waals surface area (Å²) < 4.78 is 0. The monoisotopic (exact) mass is 442 g/mol. The van der Waals surface area contributed by atoms with Crippen molar-refractivity contribution in [1.29, 1.82) is 0 Å². The van der Waals surface area contributed by atoms with E-state index in [1.807, 2.05) is 0 Å². The van der Waals surface area contributed by atoms with Crippen LogP contribution in [-0.4, -0.2) is 74.3 Å². The van der Waals surface area contributed by atoms with Crippen LogP contribution in [-0.2, 0) is 0 Å². The molecule has 2 aromatic carbocycles. The summed E-state index contributed by atoms with van der Waals surface area (Å²) in [5, 5.41) is 24.2. The van der Waals surface area contributed by atoms with Crippen LogP contribution in [0.2, 0.25) is 0 Å². The first kappa shape index (κ1) is 23.8. The fraction of sp³-hybridized carbons (Fsp3) is 0.364. The molecule has 0 radical (unpaired) electrons. The highest BCUT2D eigenvalue weighted by atomic mass is 16.3. The molecule has 0 bridgehead atoms. The van der Waals surface area contributed by atoms with Crippen LogP contribution in [0.15, 0.2) is 36.4 Å². The van der Waals surface area contributed by atoms with Gasteiger partial charge in [0.15, 0.2) is 11.6 Å². The molecule has 32 heavy (non-hydrogen) atoms. The van der Waals surface area contributed by atoms with Gasteiger partial charge >= 0.3 is 0 Å². The number of aliphatic hydroxyl groups is 2. The Morgan fingerprint density at radius 3 is 1.78 bits per heavy atom. The smallest absolute Gasteiger partial charge is 0.196 e. The molecule has 0 unspecified atom stereocenters. The Morgan fingerprint density at radius 2 is 1.16 bits per heavy atom. The van der Waals surface area contributed by atoms with Gasteiger partial charge in [-0.3, -0.25) is 31.3 Å². The third kappa shape index (κ3) is 5.68. The van der Waals surface area contributed by atoms with Crippen molar-refractivity contribution in [2.24, 2.45) is 0 Å². The van der Waals surface area contributed by atoms with Gasteiger partial charge in [-0.1, -0.05) is 24.3 Å². The molecule has 0 saturated heterocycles. The van der Waals surface area contributed by atoms with Crippen LogP contribution in [0.5, 0.6) is 0 Å². The van der Waals surface area contributed by atoms with Crippen molar-refractivity contribution < 1.29 is 19.8 Å². The zero-order chi connectivity index (χ0) is 22.8. The molecule has 8 N–H and O–H groups in total. The number of carbonyl (C=O) groups excluding carboxylic acids is 2. The summed E-state index contributed by atoms with van der Waals surface area (Å²) in [4.78, 5) is 26.4. The van der Waals surface area contributed by atoms with Gasteiger partial charge in [0.1, 0.15) is 0 Å². The second-order valence-electron chi connectivity index (χ2n) is 7.12. The van der Waals surface area contributed by atoms with E-state index < -0.39 is 0 Å². The molecule has 0 saturated carbocycles. The minimum absolute atomic E-state index is 0.0257. The number of carbonyl (C=O) groups is 2. The number of anilines is 2. The third-order valence-electron chi connectivity index (χ3n) is 4.93. The van der Waals surface area contributed by atoms with E-state index in [0.717, 1.165) is 5.69 Å². The van der Waals surface area contributed by atoms with E-state index in [2.05, 4.69) is 32.3 Å². The van der Waals surface area contributed by atoms with Crippen LogP contribution in [0.3, 0.4) is 0 Å². The van der Waals surface area contributed by atoms with E-state index >= 15 is 0 Å². The number of rotatable bonds is 14. The third-order valence-corrected chi connectivity index (χ3v) is 4.93. The highest BCUT2D eigenvalue weighted by molar-refractivity contribution is 6.30. The topological polar surface area (TPSA) is 147 Å². The molecule has 0 aliphatic heterocycles. The second kappa shape index (κ2) is 12.2. The molecule has 0 aromatic heterocycles. The normalized spacial score (nSPS) is 12.4. The van der Waals surface area contributed by atoms with Gasteiger partial charge in [-0.2, -0.15) is 0 Å². The van der Waals surface area contributed by atoms with Crippen molar-refractivity contribution in [3.63, 3.8) is 0 Å². The maximum Gasteiger partial charge on any atom is 0.196 e. The van der Waals surface area contributed by atoms with Crippen molar-refractivity contribution in [1.82, 2.24) is 21.7 Å². The quantitative estimate of drug-likeness (QED) is 0.121. The number of benzene rings is 2. The predicted molar refractivity (Wildman–Crippen MR) is 123 cm³/mol. The molecule has 10 nitrogen and oxygen atoms in total. The van der Waals surface area contributed by atoms with Gasteiger partial charge in [-0.05, 0) is 12.1 Å². The second-order valence-corrected chi connectivity index (χ2v) is 7.12. The molecule has 172 valence electrons. The van der Waals surface area contributed by atoms with Gasteiger partial charge in [0.2, 0.25) is 0 Å². The summed E-state index contributed by atoms with van der Waals surface area (Å²) in [7, 11) is 0. The lowest BCUT2D eigenvalue weighted by Gasteiger charge is -2.24. The first-order valence-corrected chi connectivity index (χ1v) is 10.7. The summed E-state index contributed by atoms with van der Waals surface area (Å²) >= 11 is 0. The standard InChI is InChI=1S/C22H30N6O4/c29-13-11-27-25-9-7-23-18-6-5-17-19(20(18)24-8-10-26-28-12-14-30)22(32)16-4-2-1-3-15(16)21(17)31/h1-6,23-30H,7-14H2. The molecule has 3 rings (SSSR count). The molecule has 0 spiro atoms. The summed E-state index contributed by atoms with van der Waals surface area (Å²) in [6, 6.07) is 10.4. The molecule has 10 heteroatoms. The van der Waals surface area contributed by atoms with Gasteiger partial charge in [0.25, 0.3) is 0 Å². The highest BCUT2D eigenvalue weighted by Crippen LogP contribution is 2.36. The summed E-state index contributed by atoms with van der Waals surface area (Å²) in [5.74, 6) is -0.349. The van der Waals surface area contributed by atoms with E-state index in [4.69, 9.17) is 10.2 Å². The average molecular weight is 443 g/mol. The number of hydrazine groups is 2. The van der Waals surface area contributed by atoms with Gasteiger partial charge in [0.05, 0.1) is 30.2 Å². The van der Waals surface area contributed by atoms with Gasteiger partial charge < -0.3 is 20.8 Å². The summed E-state index contributed by atoms with van der Waals surface area (Å²) in [6.07, 6.45) is 0. The van der Waals surface area contributed by atoms with Crippen LogP contribution in [0.25, 0.3) is 0 Å². The van der Waals surface area contributed by atoms with Gasteiger partial charge in [-0.25, -0.2) is 0 Å². The van der Waals surface area contributed by atoms with E-state index in [-0.39, 0.29) is 24.8 Å². The number of ketones is 2. The maximum atomic E-state index is 13.3. The van der Waals surface area contributed by atoms with E-state index in [1.165, 1.54) is 0 Å². The molecule has 0 atom stereocenters. The molecular weight excluding hydrogens is 412 g/mol. The lowest BCUT2D eigenvalue weighted by atomic mass is 9.83. The Bertz CT molecular complexity index is 937. The number of fused-ring (bicyclic) bond motifs is 2. The van der Waals surface area contributed by atoms with Crippen molar-refractivity contribution in [3.05, 3.63) is 58.7 Å². The van der Waals surface area contributed by atoms with Crippen LogP contribution < -0.4 is 32.3 Å². The van der Waals surface area contributed by atoms with Crippen LogP contribution >= 0.6 is 0 Å². The fourth-order valence-corrected chi connectivity index (χ4v) is 3.49. The van der Waals surface area contributed by atoms with E-state index in [9.17, 15) is 9.59 Å². The largest absolute Gasteiger partial charge is 0.395 e. The van der Waals surface area contributed by atoms with Gasteiger partial charge in [-0.15, -0.1) is 0 Å². The van der Waals surface area contributed by atoms with Crippen molar-refractivity contribution in [2.75, 3.05) is 63.1 Å². The zero-order valence-electron chi connectivity index (χ0n) is 17.8. The van der Waals surface area contributed by atoms with Gasteiger partial charge in [0, 0.05) is 56.0 Å². The minimum atomic E-state index is -0.185. The SMILES string of the molecule is O=C1c2ccccc2C(=O)c2c1ccc(NCCNNCCO)c2NCCNNCCO. The Labute approximate surface area is 186 Å². The zero-order valence-corrected chi connectivity index (χ0v) is 17.8. The maximum absolute atomic E-state index is 13.3. The molecule has 0 heterocycles. The van der Waals surface area contributed by atoms with Crippen molar-refractivity contribution in [3.8, 4) is 0 Å². The predicted octanol–water partition coefficient (Wildman–Crippen LogP) is -0.541. The van der Waals surface area contributed by atoms with Crippen molar-refractivity contribution in [2.45, 2.75) is 0 Å². The van der Waals surface area contributed by atoms with Crippen molar-refractivity contribution >= 4 is 22.9 Å². The molecule has 0 amide bonds. The Kier molecular flexibility index (Phi) is 9.11. The van der Waals surface area contributed by atoms with Crippen LogP contribution in [0.4, 0.5) is 11.4 Å². The van der Waals surface area contributed by atoms with Crippen LogP contribution in [0.1, 0.15) is 31.8 Å². The summed E-state index contributed by atoms with van der Waals surface area (Å²) in [6.45, 7) is 3.10.